The van der Waals surface area contributed by atoms with E-state index in [4.69, 9.17) is 14.7 Å². The van der Waals surface area contributed by atoms with E-state index in [0.717, 1.165) is 31.0 Å². The molecule has 0 aromatic heterocycles. The first-order valence-corrected chi connectivity index (χ1v) is 8.48. The van der Waals surface area contributed by atoms with Crippen molar-refractivity contribution < 1.29 is 14.6 Å². The first kappa shape index (κ1) is 17.3. The van der Waals surface area contributed by atoms with Gasteiger partial charge < -0.3 is 14.6 Å². The van der Waals surface area contributed by atoms with E-state index < -0.39 is 6.10 Å². The number of likely N-dealkylation sites (tertiary alicyclic amines) is 1. The number of ether oxygens (including phenoxy) is 2. The molecule has 0 spiro atoms. The van der Waals surface area contributed by atoms with Crippen LogP contribution in [0.1, 0.15) is 12.0 Å². The lowest BCUT2D eigenvalue weighted by Crippen LogP contribution is -2.35. The fraction of sp³-hybridized carbons (Fsp3) is 0.350. The number of benzene rings is 2. The quantitative estimate of drug-likeness (QED) is 0.840. The molecule has 2 aromatic rings. The Kier molecular flexibility index (Phi) is 5.89. The molecular formula is C20H22N2O3. The zero-order chi connectivity index (χ0) is 17.5. The van der Waals surface area contributed by atoms with Crippen LogP contribution < -0.4 is 9.47 Å². The zero-order valence-corrected chi connectivity index (χ0v) is 14.0. The fourth-order valence-electron chi connectivity index (χ4n) is 2.92. The van der Waals surface area contributed by atoms with Crippen LogP contribution in [0.5, 0.6) is 11.5 Å². The summed E-state index contributed by atoms with van der Waals surface area (Å²) in [5.41, 5.74) is 0.627. The third-order valence-electron chi connectivity index (χ3n) is 4.17. The Morgan fingerprint density at radius 2 is 1.88 bits per heavy atom. The Bertz CT molecular complexity index is 697. The van der Waals surface area contributed by atoms with Crippen molar-refractivity contribution in [3.8, 4) is 17.6 Å². The van der Waals surface area contributed by atoms with E-state index in [1.807, 2.05) is 42.5 Å². The number of aliphatic hydroxyl groups is 1. The van der Waals surface area contributed by atoms with Gasteiger partial charge in [-0.15, -0.1) is 0 Å². The first-order valence-electron chi connectivity index (χ1n) is 8.48. The second kappa shape index (κ2) is 8.52. The minimum atomic E-state index is -0.533. The Balaban J connectivity index is 1.40. The summed E-state index contributed by atoms with van der Waals surface area (Å²) in [6.45, 7) is 2.52. The third-order valence-corrected chi connectivity index (χ3v) is 4.17. The molecule has 0 bridgehead atoms. The number of nitriles is 1. The highest BCUT2D eigenvalue weighted by Crippen LogP contribution is 2.19. The van der Waals surface area contributed by atoms with E-state index in [2.05, 4.69) is 11.0 Å². The summed E-state index contributed by atoms with van der Waals surface area (Å²) in [7, 11) is 0. The van der Waals surface area contributed by atoms with Gasteiger partial charge in [0.15, 0.2) is 0 Å². The average molecular weight is 338 g/mol. The molecule has 0 amide bonds. The fourth-order valence-corrected chi connectivity index (χ4v) is 2.92. The average Bonchev–Trinajstić information content (AvgIpc) is 3.08. The van der Waals surface area contributed by atoms with Crippen LogP contribution in [0.25, 0.3) is 0 Å². The molecule has 1 aliphatic heterocycles. The number of rotatable bonds is 7. The van der Waals surface area contributed by atoms with Gasteiger partial charge in [0, 0.05) is 19.6 Å². The van der Waals surface area contributed by atoms with Crippen LogP contribution in [0.3, 0.4) is 0 Å². The van der Waals surface area contributed by atoms with Crippen LogP contribution in [-0.4, -0.2) is 48.5 Å². The molecule has 2 aromatic carbocycles. The van der Waals surface area contributed by atoms with Crippen LogP contribution in [-0.2, 0) is 0 Å². The molecule has 5 heteroatoms. The molecule has 130 valence electrons. The summed E-state index contributed by atoms with van der Waals surface area (Å²) >= 11 is 0. The van der Waals surface area contributed by atoms with E-state index >= 15 is 0 Å². The standard InChI is InChI=1S/C20H22N2O3/c21-12-16-6-8-19(9-7-16)25-20-10-11-22(14-20)13-17(23)15-24-18-4-2-1-3-5-18/h1-9,17,20,23H,10-11,13-15H2. The highest BCUT2D eigenvalue weighted by Gasteiger charge is 2.25. The Labute approximate surface area is 148 Å². The maximum absolute atomic E-state index is 10.2. The molecule has 3 rings (SSSR count). The largest absolute Gasteiger partial charge is 0.491 e. The lowest BCUT2D eigenvalue weighted by atomic mass is 10.2. The van der Waals surface area contributed by atoms with Gasteiger partial charge >= 0.3 is 0 Å². The predicted octanol–water partition coefficient (Wildman–Crippen LogP) is 2.45. The van der Waals surface area contributed by atoms with Gasteiger partial charge in [-0.3, -0.25) is 4.90 Å². The van der Waals surface area contributed by atoms with E-state index in [-0.39, 0.29) is 12.7 Å². The Hall–Kier alpha value is -2.55. The van der Waals surface area contributed by atoms with E-state index in [1.165, 1.54) is 0 Å². The van der Waals surface area contributed by atoms with Crippen molar-refractivity contribution in [2.45, 2.75) is 18.6 Å². The normalized spacial score (nSPS) is 18.5. The molecule has 1 heterocycles. The van der Waals surface area contributed by atoms with Crippen LogP contribution >= 0.6 is 0 Å². The van der Waals surface area contributed by atoms with Crippen molar-refractivity contribution in [2.24, 2.45) is 0 Å². The summed E-state index contributed by atoms with van der Waals surface area (Å²) in [4.78, 5) is 2.19. The predicted molar refractivity (Wildman–Crippen MR) is 94.6 cm³/mol. The molecule has 1 fully saturated rings. The summed E-state index contributed by atoms with van der Waals surface area (Å²) in [6.07, 6.45) is 0.496. The Morgan fingerprint density at radius 1 is 1.12 bits per heavy atom. The minimum Gasteiger partial charge on any atom is -0.491 e. The van der Waals surface area contributed by atoms with Crippen LogP contribution in [0.15, 0.2) is 54.6 Å². The molecule has 1 N–H and O–H groups in total. The molecule has 25 heavy (non-hydrogen) atoms. The number of para-hydroxylation sites is 1. The minimum absolute atomic E-state index is 0.107. The van der Waals surface area contributed by atoms with Crippen molar-refractivity contribution in [3.05, 3.63) is 60.2 Å². The smallest absolute Gasteiger partial charge is 0.119 e. The van der Waals surface area contributed by atoms with Gasteiger partial charge in [0.1, 0.15) is 30.3 Å². The van der Waals surface area contributed by atoms with E-state index in [1.54, 1.807) is 12.1 Å². The second-order valence-electron chi connectivity index (χ2n) is 6.20. The van der Waals surface area contributed by atoms with Gasteiger partial charge in [-0.2, -0.15) is 5.26 Å². The van der Waals surface area contributed by atoms with Gasteiger partial charge in [0.2, 0.25) is 0 Å². The summed E-state index contributed by atoms with van der Waals surface area (Å²) in [6, 6.07) is 18.8. The van der Waals surface area contributed by atoms with Crippen molar-refractivity contribution in [1.82, 2.24) is 4.90 Å². The van der Waals surface area contributed by atoms with E-state index in [0.29, 0.717) is 12.1 Å². The van der Waals surface area contributed by atoms with Crippen molar-refractivity contribution in [1.29, 1.82) is 5.26 Å². The molecule has 1 aliphatic rings. The molecule has 1 saturated heterocycles. The zero-order valence-electron chi connectivity index (χ0n) is 14.0. The third kappa shape index (κ3) is 5.21. The lowest BCUT2D eigenvalue weighted by Gasteiger charge is -2.20. The molecule has 0 saturated carbocycles. The van der Waals surface area contributed by atoms with Gasteiger partial charge in [-0.25, -0.2) is 0 Å². The Morgan fingerprint density at radius 3 is 2.60 bits per heavy atom. The second-order valence-corrected chi connectivity index (χ2v) is 6.20. The SMILES string of the molecule is N#Cc1ccc(OC2CCN(CC(O)COc3ccccc3)C2)cc1. The van der Waals surface area contributed by atoms with Gasteiger partial charge in [0.05, 0.1) is 11.6 Å². The number of hydrogen-bond acceptors (Lipinski definition) is 5. The monoisotopic (exact) mass is 338 g/mol. The maximum Gasteiger partial charge on any atom is 0.119 e. The summed E-state index contributed by atoms with van der Waals surface area (Å²) < 4.78 is 11.5. The highest BCUT2D eigenvalue weighted by atomic mass is 16.5. The first-order chi connectivity index (χ1) is 12.2. The molecule has 2 atom stereocenters. The number of aliphatic hydroxyl groups excluding tert-OH is 1. The van der Waals surface area contributed by atoms with Crippen molar-refractivity contribution in [2.75, 3.05) is 26.2 Å². The number of hydrogen-bond donors (Lipinski definition) is 1. The van der Waals surface area contributed by atoms with Crippen LogP contribution in [0.4, 0.5) is 0 Å². The van der Waals surface area contributed by atoms with Gasteiger partial charge in [-0.05, 0) is 42.8 Å². The lowest BCUT2D eigenvalue weighted by molar-refractivity contribution is 0.0720. The van der Waals surface area contributed by atoms with Gasteiger partial charge in [0.25, 0.3) is 0 Å². The summed E-state index contributed by atoms with van der Waals surface area (Å²) in [5.74, 6) is 1.55. The highest BCUT2D eigenvalue weighted by molar-refractivity contribution is 5.34. The van der Waals surface area contributed by atoms with Gasteiger partial charge in [-0.1, -0.05) is 18.2 Å². The molecule has 0 aliphatic carbocycles. The molecule has 5 nitrogen and oxygen atoms in total. The molecule has 2 unspecified atom stereocenters. The van der Waals surface area contributed by atoms with Crippen LogP contribution in [0, 0.1) is 11.3 Å². The van der Waals surface area contributed by atoms with Crippen molar-refractivity contribution >= 4 is 0 Å². The number of β-amino-alcohol motifs (C(OH)–C–C–N with tert-alkyl or cyclic N) is 1. The van der Waals surface area contributed by atoms with E-state index in [9.17, 15) is 5.11 Å². The number of nitrogens with zero attached hydrogens (tertiary/aromatic N) is 2. The summed E-state index contributed by atoms with van der Waals surface area (Å²) in [5, 5.41) is 19.0. The molecular weight excluding hydrogens is 316 g/mol. The maximum atomic E-state index is 10.2. The molecule has 0 radical (unpaired) electrons. The van der Waals surface area contributed by atoms with Crippen molar-refractivity contribution in [3.63, 3.8) is 0 Å². The van der Waals surface area contributed by atoms with Crippen LogP contribution in [0.2, 0.25) is 0 Å². The topological polar surface area (TPSA) is 65.7 Å².